The highest BCUT2D eigenvalue weighted by molar-refractivity contribution is 9.10. The summed E-state index contributed by atoms with van der Waals surface area (Å²) in [7, 11) is 3.96. The Balaban J connectivity index is 0.000000905. The quantitative estimate of drug-likeness (QED) is 0.158. The fourth-order valence-electron chi connectivity index (χ4n) is 2.70. The summed E-state index contributed by atoms with van der Waals surface area (Å²) in [6.45, 7) is 3.23. The fourth-order valence-corrected chi connectivity index (χ4v) is 3.21. The number of ether oxygens (including phenoxy) is 1. The van der Waals surface area contributed by atoms with Gasteiger partial charge in [0.1, 0.15) is 24.6 Å². The van der Waals surface area contributed by atoms with Gasteiger partial charge in [0.15, 0.2) is 0 Å². The average molecular weight is 604 g/mol. The number of nitrogens with one attached hydrogen (secondary N) is 3. The molecular weight excluding hydrogens is 575 g/mol. The van der Waals surface area contributed by atoms with E-state index in [9.17, 15) is 22.8 Å². The van der Waals surface area contributed by atoms with Crippen molar-refractivity contribution in [2.24, 2.45) is 5.73 Å². The molecule has 1 unspecified atom stereocenters. The molecule has 0 aliphatic rings. The summed E-state index contributed by atoms with van der Waals surface area (Å²) < 4.78 is 38.3. The van der Waals surface area contributed by atoms with Gasteiger partial charge in [-0.05, 0) is 78.9 Å². The highest BCUT2D eigenvalue weighted by Crippen LogP contribution is 2.28. The van der Waals surface area contributed by atoms with Crippen LogP contribution < -0.4 is 21.1 Å². The minimum atomic E-state index is -5.08. The summed E-state index contributed by atoms with van der Waals surface area (Å²) in [6, 6.07) is 11.9. The Bertz CT molecular complexity index is 1130. The molecule has 2 rings (SSSR count). The largest absolute Gasteiger partial charge is 0.491 e. The zero-order valence-corrected chi connectivity index (χ0v) is 22.4. The summed E-state index contributed by atoms with van der Waals surface area (Å²) in [6.07, 6.45) is -5.38. The third-order valence-corrected chi connectivity index (χ3v) is 5.29. The van der Waals surface area contributed by atoms with Gasteiger partial charge in [-0.1, -0.05) is 6.07 Å². The fraction of sp³-hybridized carbons (Fsp3) is 0.333. The molecule has 10 nitrogen and oxygen atoms in total. The lowest BCUT2D eigenvalue weighted by molar-refractivity contribution is -0.192. The number of amides is 2. The number of amidine groups is 1. The molecule has 2 amide bonds. The number of carbonyl (C=O) groups excluding carboxylic acids is 2. The van der Waals surface area contributed by atoms with Crippen molar-refractivity contribution in [1.29, 1.82) is 5.41 Å². The van der Waals surface area contributed by atoms with Crippen LogP contribution in [0.25, 0.3) is 0 Å². The Morgan fingerprint density at radius 3 is 2.18 bits per heavy atom. The van der Waals surface area contributed by atoms with Crippen LogP contribution in [-0.2, 0) is 14.4 Å². The number of aliphatic carboxylic acids is 1. The zero-order chi connectivity index (χ0) is 29.0. The number of carboxylic acid groups (broad SMARTS) is 1. The van der Waals surface area contributed by atoms with E-state index >= 15 is 0 Å². The number of halogens is 4. The molecule has 0 aliphatic heterocycles. The molecule has 0 aromatic heterocycles. The smallest absolute Gasteiger partial charge is 0.490 e. The van der Waals surface area contributed by atoms with E-state index in [1.54, 1.807) is 24.3 Å². The second-order valence-corrected chi connectivity index (χ2v) is 9.00. The Morgan fingerprint density at radius 1 is 1.13 bits per heavy atom. The van der Waals surface area contributed by atoms with E-state index in [0.29, 0.717) is 17.9 Å². The van der Waals surface area contributed by atoms with E-state index in [-0.39, 0.29) is 24.2 Å². The topological polar surface area (TPSA) is 158 Å². The molecule has 2 aromatic rings. The van der Waals surface area contributed by atoms with Gasteiger partial charge >= 0.3 is 12.1 Å². The lowest BCUT2D eigenvalue weighted by atomic mass is 10.1. The highest BCUT2D eigenvalue weighted by atomic mass is 79.9. The second-order valence-electron chi connectivity index (χ2n) is 8.15. The van der Waals surface area contributed by atoms with Crippen LogP contribution in [0.15, 0.2) is 46.9 Å². The van der Waals surface area contributed by atoms with Crippen LogP contribution in [0.4, 0.5) is 18.9 Å². The van der Waals surface area contributed by atoms with E-state index in [2.05, 4.69) is 26.6 Å². The molecule has 6 N–H and O–H groups in total. The van der Waals surface area contributed by atoms with Gasteiger partial charge in [-0.2, -0.15) is 13.2 Å². The van der Waals surface area contributed by atoms with Crippen molar-refractivity contribution in [1.82, 2.24) is 10.2 Å². The first-order valence-electron chi connectivity index (χ1n) is 11.0. The first-order chi connectivity index (χ1) is 17.6. The van der Waals surface area contributed by atoms with Gasteiger partial charge in [-0.25, -0.2) is 4.79 Å². The Morgan fingerprint density at radius 2 is 1.71 bits per heavy atom. The van der Waals surface area contributed by atoms with Crippen LogP contribution in [0.5, 0.6) is 5.75 Å². The molecule has 38 heavy (non-hydrogen) atoms. The number of likely N-dealkylation sites (N-methyl/N-ethyl adjacent to an activating group) is 1. The van der Waals surface area contributed by atoms with Crippen LogP contribution in [-0.4, -0.2) is 67.0 Å². The van der Waals surface area contributed by atoms with Crippen LogP contribution in [0, 0.1) is 5.41 Å². The first-order valence-corrected chi connectivity index (χ1v) is 11.8. The standard InChI is InChI=1S/C22H28BrN5O3.C2HF3O2/c1-14(16-6-9-19(18(23)12-16)31-11-10-28(2)3)26-20(29)13-21(30)27-17-7-4-15(5-8-17)22(24)25;3-2(4,5)1(6)7/h4-9,12,14H,10-11,13H2,1-3H3,(H3,24,25)(H,26,29)(H,27,30);(H,6,7). The molecule has 0 radical (unpaired) electrons. The molecule has 1 atom stereocenters. The normalized spacial score (nSPS) is 11.6. The monoisotopic (exact) mass is 603 g/mol. The van der Waals surface area contributed by atoms with E-state index in [0.717, 1.165) is 22.3 Å². The number of hydrogen-bond donors (Lipinski definition) is 5. The molecule has 2 aromatic carbocycles. The molecule has 0 saturated carbocycles. The molecule has 0 spiro atoms. The minimum Gasteiger partial charge on any atom is -0.491 e. The number of benzene rings is 2. The van der Waals surface area contributed by atoms with E-state index in [1.807, 2.05) is 44.1 Å². The predicted molar refractivity (Wildman–Crippen MR) is 139 cm³/mol. The average Bonchev–Trinajstić information content (AvgIpc) is 2.79. The maximum absolute atomic E-state index is 12.3. The van der Waals surface area contributed by atoms with Crippen LogP contribution in [0.1, 0.15) is 30.5 Å². The molecule has 0 saturated heterocycles. The number of carbonyl (C=O) groups is 3. The van der Waals surface area contributed by atoms with Gasteiger partial charge < -0.3 is 31.1 Å². The zero-order valence-electron chi connectivity index (χ0n) is 20.9. The van der Waals surface area contributed by atoms with Crippen molar-refractivity contribution in [3.63, 3.8) is 0 Å². The lowest BCUT2D eigenvalue weighted by Gasteiger charge is -2.17. The van der Waals surface area contributed by atoms with Crippen molar-refractivity contribution in [2.45, 2.75) is 25.6 Å². The van der Waals surface area contributed by atoms with E-state index in [1.165, 1.54) is 0 Å². The summed E-state index contributed by atoms with van der Waals surface area (Å²) in [4.78, 5) is 35.3. The molecule has 0 fully saturated rings. The number of nitrogens with two attached hydrogens (primary N) is 1. The Hall–Kier alpha value is -3.65. The van der Waals surface area contributed by atoms with E-state index in [4.69, 9.17) is 25.8 Å². The predicted octanol–water partition coefficient (Wildman–Crippen LogP) is 3.51. The maximum atomic E-state index is 12.3. The Labute approximate surface area is 226 Å². The SMILES string of the molecule is CC(NC(=O)CC(=O)Nc1ccc(C(=N)N)cc1)c1ccc(OCCN(C)C)c(Br)c1.O=C(O)C(F)(F)F. The van der Waals surface area contributed by atoms with Crippen molar-refractivity contribution in [2.75, 3.05) is 32.6 Å². The number of nitrogens with zero attached hydrogens (tertiary/aromatic N) is 1. The molecule has 0 heterocycles. The second kappa shape index (κ2) is 14.9. The van der Waals surface area contributed by atoms with Crippen LogP contribution in [0.2, 0.25) is 0 Å². The molecule has 208 valence electrons. The number of rotatable bonds is 10. The number of anilines is 1. The molecule has 14 heteroatoms. The molecule has 0 aliphatic carbocycles. The van der Waals surface area contributed by atoms with Crippen molar-refractivity contribution < 1.29 is 37.4 Å². The van der Waals surface area contributed by atoms with Crippen molar-refractivity contribution in [3.8, 4) is 5.75 Å². The number of alkyl halides is 3. The minimum absolute atomic E-state index is 0.0500. The molecular formula is C24H29BrF3N5O5. The summed E-state index contributed by atoms with van der Waals surface area (Å²) in [5.41, 5.74) is 7.39. The van der Waals surface area contributed by atoms with E-state index < -0.39 is 18.1 Å². The number of carboxylic acids is 1. The summed E-state index contributed by atoms with van der Waals surface area (Å²) in [5, 5.41) is 20.0. The number of hydrogen-bond acceptors (Lipinski definition) is 6. The van der Waals surface area contributed by atoms with Gasteiger partial charge in [0.2, 0.25) is 11.8 Å². The van der Waals surface area contributed by atoms with Gasteiger partial charge in [0, 0.05) is 17.8 Å². The lowest BCUT2D eigenvalue weighted by Crippen LogP contribution is -2.30. The maximum Gasteiger partial charge on any atom is 0.490 e. The summed E-state index contributed by atoms with van der Waals surface area (Å²) in [5.74, 6) is -2.88. The third kappa shape index (κ3) is 12.1. The van der Waals surface area contributed by atoms with Crippen LogP contribution >= 0.6 is 15.9 Å². The third-order valence-electron chi connectivity index (χ3n) is 4.67. The summed E-state index contributed by atoms with van der Waals surface area (Å²) >= 11 is 3.50. The van der Waals surface area contributed by atoms with Crippen molar-refractivity contribution >= 4 is 45.2 Å². The number of nitrogen functional groups attached to an aromatic ring is 1. The first kappa shape index (κ1) is 32.4. The Kier molecular flexibility index (Phi) is 12.7. The highest BCUT2D eigenvalue weighted by Gasteiger charge is 2.38. The van der Waals surface area contributed by atoms with Crippen molar-refractivity contribution in [3.05, 3.63) is 58.1 Å². The van der Waals surface area contributed by atoms with Gasteiger partial charge in [0.25, 0.3) is 0 Å². The van der Waals surface area contributed by atoms with Gasteiger partial charge in [0.05, 0.1) is 10.5 Å². The van der Waals surface area contributed by atoms with Gasteiger partial charge in [-0.3, -0.25) is 15.0 Å². The van der Waals surface area contributed by atoms with Gasteiger partial charge in [-0.15, -0.1) is 0 Å². The van der Waals surface area contributed by atoms with Crippen LogP contribution in [0.3, 0.4) is 0 Å². The molecule has 0 bridgehead atoms.